The molecule has 0 saturated carbocycles. The standard InChI is InChI=1S/C27H21N2O2P/c1-20-19-24(32(30,22-13-7-3-8-14-22)23-15-9-4-10-16-23)17-18-25(20)27-29-28-26(31-27)21-11-5-2-6-12-21/h2-18H,1,19H2. The molecular formula is C27H21N2O2P. The fourth-order valence-electron chi connectivity index (χ4n) is 3.89. The van der Waals surface area contributed by atoms with Gasteiger partial charge in [0.25, 0.3) is 0 Å². The van der Waals surface area contributed by atoms with Gasteiger partial charge in [0.05, 0.1) is 0 Å². The Kier molecular flexibility index (Phi) is 5.30. The fraction of sp³-hybridized carbons (Fsp3) is 0.0370. The number of hydrogen-bond acceptors (Lipinski definition) is 4. The third kappa shape index (κ3) is 3.59. The van der Waals surface area contributed by atoms with Crippen molar-refractivity contribution in [1.29, 1.82) is 0 Å². The monoisotopic (exact) mass is 436 g/mol. The molecule has 0 bridgehead atoms. The smallest absolute Gasteiger partial charge is 0.248 e. The first-order chi connectivity index (χ1) is 15.7. The van der Waals surface area contributed by atoms with E-state index in [1.807, 2.05) is 103 Å². The van der Waals surface area contributed by atoms with Crippen molar-refractivity contribution < 1.29 is 8.98 Å². The van der Waals surface area contributed by atoms with E-state index in [-0.39, 0.29) is 0 Å². The molecule has 0 fully saturated rings. The van der Waals surface area contributed by atoms with Gasteiger partial charge in [0.15, 0.2) is 7.14 Å². The van der Waals surface area contributed by atoms with Crippen LogP contribution in [-0.4, -0.2) is 10.2 Å². The second kappa shape index (κ2) is 8.41. The van der Waals surface area contributed by atoms with Crippen molar-refractivity contribution in [1.82, 2.24) is 10.2 Å². The van der Waals surface area contributed by atoms with E-state index in [2.05, 4.69) is 16.8 Å². The Balaban J connectivity index is 1.56. The van der Waals surface area contributed by atoms with E-state index in [4.69, 9.17) is 4.42 Å². The highest BCUT2D eigenvalue weighted by molar-refractivity contribution is 7.82. The number of aromatic nitrogens is 2. The molecule has 0 atom stereocenters. The molecule has 0 amide bonds. The van der Waals surface area contributed by atoms with Crippen LogP contribution in [0.25, 0.3) is 17.0 Å². The van der Waals surface area contributed by atoms with Crippen LogP contribution in [0.3, 0.4) is 0 Å². The molecule has 5 rings (SSSR count). The van der Waals surface area contributed by atoms with Gasteiger partial charge in [0.1, 0.15) is 0 Å². The van der Waals surface area contributed by atoms with Crippen LogP contribution in [0.1, 0.15) is 12.3 Å². The van der Waals surface area contributed by atoms with Gasteiger partial charge in [-0.2, -0.15) is 0 Å². The third-order valence-corrected chi connectivity index (χ3v) is 8.70. The van der Waals surface area contributed by atoms with Crippen LogP contribution in [-0.2, 0) is 4.57 Å². The van der Waals surface area contributed by atoms with E-state index in [0.29, 0.717) is 18.2 Å². The molecule has 5 heteroatoms. The average Bonchev–Trinajstić information content (AvgIpc) is 3.35. The lowest BCUT2D eigenvalue weighted by molar-refractivity contribution is 0.553. The summed E-state index contributed by atoms with van der Waals surface area (Å²) < 4.78 is 20.5. The average molecular weight is 436 g/mol. The lowest BCUT2D eigenvalue weighted by atomic mass is 10.00. The molecule has 1 aliphatic carbocycles. The summed E-state index contributed by atoms with van der Waals surface area (Å²) in [6.07, 6.45) is 4.29. The molecule has 4 nitrogen and oxygen atoms in total. The molecule has 156 valence electrons. The Bertz CT molecular complexity index is 1330. The Morgan fingerprint density at radius 2 is 1.25 bits per heavy atom. The van der Waals surface area contributed by atoms with Gasteiger partial charge in [-0.05, 0) is 23.8 Å². The molecule has 0 saturated heterocycles. The minimum atomic E-state index is -3.01. The van der Waals surface area contributed by atoms with Crippen LogP contribution in [0.5, 0.6) is 0 Å². The van der Waals surface area contributed by atoms with Crippen LogP contribution in [0.4, 0.5) is 0 Å². The third-order valence-electron chi connectivity index (χ3n) is 5.54. The summed E-state index contributed by atoms with van der Waals surface area (Å²) in [4.78, 5) is 0. The van der Waals surface area contributed by atoms with Crippen molar-refractivity contribution in [3.63, 3.8) is 0 Å². The second-order valence-electron chi connectivity index (χ2n) is 7.58. The van der Waals surface area contributed by atoms with E-state index in [1.54, 1.807) is 0 Å². The molecule has 0 spiro atoms. The van der Waals surface area contributed by atoms with Crippen molar-refractivity contribution in [2.24, 2.45) is 0 Å². The first kappa shape index (κ1) is 20.2. The van der Waals surface area contributed by atoms with Crippen molar-refractivity contribution >= 4 is 23.3 Å². The van der Waals surface area contributed by atoms with Crippen molar-refractivity contribution in [3.8, 4) is 11.5 Å². The number of rotatable bonds is 5. The van der Waals surface area contributed by atoms with Crippen LogP contribution in [0.2, 0.25) is 0 Å². The topological polar surface area (TPSA) is 56.0 Å². The number of hydrogen-bond donors (Lipinski definition) is 0. The summed E-state index contributed by atoms with van der Waals surface area (Å²) in [6, 6.07) is 28.9. The predicted molar refractivity (Wildman–Crippen MR) is 129 cm³/mol. The highest BCUT2D eigenvalue weighted by Crippen LogP contribution is 2.55. The van der Waals surface area contributed by atoms with Gasteiger partial charge in [-0.25, -0.2) is 0 Å². The van der Waals surface area contributed by atoms with Gasteiger partial charge in [0.2, 0.25) is 11.8 Å². The Labute approximate surface area is 187 Å². The van der Waals surface area contributed by atoms with Crippen LogP contribution >= 0.6 is 7.14 Å². The van der Waals surface area contributed by atoms with Crippen molar-refractivity contribution in [3.05, 3.63) is 127 Å². The van der Waals surface area contributed by atoms with E-state index in [0.717, 1.165) is 32.6 Å². The molecule has 1 aliphatic rings. The zero-order valence-corrected chi connectivity index (χ0v) is 18.3. The summed E-state index contributed by atoms with van der Waals surface area (Å²) in [5.41, 5.74) is 2.44. The highest BCUT2D eigenvalue weighted by atomic mass is 31.2. The molecule has 4 aromatic rings. The number of nitrogens with zero attached hydrogens (tertiary/aromatic N) is 2. The van der Waals surface area contributed by atoms with E-state index in [9.17, 15) is 4.57 Å². The maximum absolute atomic E-state index is 14.6. The van der Waals surface area contributed by atoms with Crippen LogP contribution in [0.15, 0.2) is 125 Å². The van der Waals surface area contributed by atoms with Gasteiger partial charge in [-0.1, -0.05) is 91.5 Å². The van der Waals surface area contributed by atoms with Gasteiger partial charge in [0, 0.05) is 33.5 Å². The predicted octanol–water partition coefficient (Wildman–Crippen LogP) is 5.98. The second-order valence-corrected chi connectivity index (χ2v) is 10.4. The van der Waals surface area contributed by atoms with E-state index < -0.39 is 7.14 Å². The summed E-state index contributed by atoms with van der Waals surface area (Å²) in [5, 5.41) is 10.9. The Morgan fingerprint density at radius 3 is 1.81 bits per heavy atom. The largest absolute Gasteiger partial charge is 0.416 e. The van der Waals surface area contributed by atoms with Gasteiger partial charge < -0.3 is 8.98 Å². The fourth-order valence-corrected chi connectivity index (χ4v) is 6.74. The molecule has 0 unspecified atom stereocenters. The molecule has 1 heterocycles. The summed E-state index contributed by atoms with van der Waals surface area (Å²) >= 11 is 0. The quantitative estimate of drug-likeness (QED) is 0.361. The minimum absolute atomic E-state index is 0.415. The van der Waals surface area contributed by atoms with Gasteiger partial charge in [-0.3, -0.25) is 0 Å². The van der Waals surface area contributed by atoms with Gasteiger partial charge in [-0.15, -0.1) is 10.2 Å². The molecule has 3 aromatic carbocycles. The van der Waals surface area contributed by atoms with Gasteiger partial charge >= 0.3 is 0 Å². The SMILES string of the molecule is C=C1CC(P(=O)(c2ccccc2)c2ccccc2)=CC=C1c1nnc(-c2ccccc2)o1. The Morgan fingerprint density at radius 1 is 0.719 bits per heavy atom. The highest BCUT2D eigenvalue weighted by Gasteiger charge is 2.33. The molecular weight excluding hydrogens is 415 g/mol. The first-order valence-electron chi connectivity index (χ1n) is 10.4. The zero-order chi connectivity index (χ0) is 22.0. The molecule has 0 N–H and O–H groups in total. The lowest BCUT2D eigenvalue weighted by Crippen LogP contribution is -2.18. The van der Waals surface area contributed by atoms with E-state index >= 15 is 0 Å². The van der Waals surface area contributed by atoms with Crippen LogP contribution < -0.4 is 10.6 Å². The van der Waals surface area contributed by atoms with Crippen molar-refractivity contribution in [2.45, 2.75) is 6.42 Å². The normalized spacial score (nSPS) is 14.1. The Hall–Kier alpha value is -3.75. The lowest BCUT2D eigenvalue weighted by Gasteiger charge is -2.25. The summed E-state index contributed by atoms with van der Waals surface area (Å²) in [5.74, 6) is 0.877. The maximum Gasteiger partial charge on any atom is 0.248 e. The maximum atomic E-state index is 14.6. The first-order valence-corrected chi connectivity index (χ1v) is 12.1. The zero-order valence-electron chi connectivity index (χ0n) is 17.4. The summed E-state index contributed by atoms with van der Waals surface area (Å²) in [7, 11) is -3.01. The number of allylic oxidation sites excluding steroid dienone is 5. The molecule has 0 aliphatic heterocycles. The molecule has 1 aromatic heterocycles. The molecule has 0 radical (unpaired) electrons. The van der Waals surface area contributed by atoms with E-state index in [1.165, 1.54) is 0 Å². The minimum Gasteiger partial charge on any atom is -0.416 e. The summed E-state index contributed by atoms with van der Waals surface area (Å²) in [6.45, 7) is 4.25. The van der Waals surface area contributed by atoms with Crippen LogP contribution in [0, 0.1) is 0 Å². The number of benzene rings is 3. The van der Waals surface area contributed by atoms with Crippen molar-refractivity contribution in [2.75, 3.05) is 0 Å². The molecule has 32 heavy (non-hydrogen) atoms.